The number of fused-ring (bicyclic) bond motifs is 1. The second-order valence-corrected chi connectivity index (χ2v) is 5.03. The Morgan fingerprint density at radius 1 is 1.19 bits per heavy atom. The topological polar surface area (TPSA) is 61.8 Å². The fraction of sp³-hybridized carbons (Fsp3) is 0.500. The summed E-state index contributed by atoms with van der Waals surface area (Å²) in [7, 11) is 0. The van der Waals surface area contributed by atoms with Crippen molar-refractivity contribution in [1.29, 1.82) is 0 Å². The van der Waals surface area contributed by atoms with E-state index in [0.29, 0.717) is 12.4 Å². The summed E-state index contributed by atoms with van der Waals surface area (Å²) in [4.78, 5) is 24.1. The Hall–Kier alpha value is -2.04. The van der Waals surface area contributed by atoms with Crippen LogP contribution in [-0.4, -0.2) is 30.8 Å². The van der Waals surface area contributed by atoms with Gasteiger partial charge in [-0.1, -0.05) is 18.2 Å². The average molecular weight is 292 g/mol. The van der Waals surface area contributed by atoms with E-state index in [-0.39, 0.29) is 19.0 Å². The quantitative estimate of drug-likeness (QED) is 0.780. The SMILES string of the molecule is CCOC(=O)C[C@H]1c2ccccc2O[C@]1(C)C(=O)OCC. The summed E-state index contributed by atoms with van der Waals surface area (Å²) in [5.74, 6) is -0.608. The van der Waals surface area contributed by atoms with Gasteiger partial charge in [0.25, 0.3) is 0 Å². The highest BCUT2D eigenvalue weighted by Gasteiger charge is 2.52. The van der Waals surface area contributed by atoms with Gasteiger partial charge in [-0.2, -0.15) is 0 Å². The fourth-order valence-corrected chi connectivity index (χ4v) is 2.61. The van der Waals surface area contributed by atoms with Crippen molar-refractivity contribution in [2.75, 3.05) is 13.2 Å². The number of hydrogen-bond acceptors (Lipinski definition) is 5. The molecule has 1 aromatic rings. The third-order valence-corrected chi connectivity index (χ3v) is 3.64. The number of carbonyl (C=O) groups is 2. The van der Waals surface area contributed by atoms with E-state index in [0.717, 1.165) is 5.56 Å². The molecule has 2 rings (SSSR count). The zero-order valence-corrected chi connectivity index (χ0v) is 12.5. The Labute approximate surface area is 124 Å². The number of hydrogen-bond donors (Lipinski definition) is 0. The van der Waals surface area contributed by atoms with E-state index in [2.05, 4.69) is 0 Å². The molecule has 5 heteroatoms. The summed E-state index contributed by atoms with van der Waals surface area (Å²) >= 11 is 0. The molecule has 0 N–H and O–H groups in total. The van der Waals surface area contributed by atoms with Crippen LogP contribution >= 0.6 is 0 Å². The van der Waals surface area contributed by atoms with E-state index in [1.165, 1.54) is 0 Å². The molecular weight excluding hydrogens is 272 g/mol. The van der Waals surface area contributed by atoms with Crippen LogP contribution in [0.2, 0.25) is 0 Å². The largest absolute Gasteiger partial charge is 0.475 e. The van der Waals surface area contributed by atoms with Crippen LogP contribution in [0.25, 0.3) is 0 Å². The van der Waals surface area contributed by atoms with E-state index >= 15 is 0 Å². The molecule has 1 aromatic carbocycles. The summed E-state index contributed by atoms with van der Waals surface area (Å²) in [5.41, 5.74) is -0.368. The minimum Gasteiger partial charge on any atom is -0.475 e. The molecule has 0 radical (unpaired) electrons. The molecule has 0 aromatic heterocycles. The summed E-state index contributed by atoms with van der Waals surface area (Å²) in [5, 5.41) is 0. The Bertz CT molecular complexity index is 539. The minimum atomic E-state index is -1.20. The van der Waals surface area contributed by atoms with Gasteiger partial charge in [0.15, 0.2) is 0 Å². The van der Waals surface area contributed by atoms with Gasteiger partial charge in [-0.15, -0.1) is 0 Å². The third-order valence-electron chi connectivity index (χ3n) is 3.64. The van der Waals surface area contributed by atoms with Gasteiger partial charge in [-0.05, 0) is 26.8 Å². The van der Waals surface area contributed by atoms with Crippen molar-refractivity contribution < 1.29 is 23.8 Å². The molecule has 21 heavy (non-hydrogen) atoms. The van der Waals surface area contributed by atoms with Crippen LogP contribution < -0.4 is 4.74 Å². The standard InChI is InChI=1S/C16H20O5/c1-4-19-14(17)10-12-11-8-6-7-9-13(11)21-16(12,3)15(18)20-5-2/h6-9,12H,4-5,10H2,1-3H3/t12-,16-/m0/s1. The van der Waals surface area contributed by atoms with Crippen molar-refractivity contribution in [3.8, 4) is 5.75 Å². The Morgan fingerprint density at radius 2 is 1.86 bits per heavy atom. The van der Waals surface area contributed by atoms with Gasteiger partial charge in [-0.25, -0.2) is 4.79 Å². The molecule has 2 atom stereocenters. The normalized spacial score (nSPS) is 23.1. The molecule has 0 saturated carbocycles. The molecule has 0 saturated heterocycles. The number of para-hydroxylation sites is 1. The summed E-state index contributed by atoms with van der Waals surface area (Å²) in [6.45, 7) is 5.73. The number of esters is 2. The van der Waals surface area contributed by atoms with E-state index in [4.69, 9.17) is 14.2 Å². The van der Waals surface area contributed by atoms with Gasteiger partial charge in [-0.3, -0.25) is 4.79 Å². The van der Waals surface area contributed by atoms with Crippen molar-refractivity contribution in [2.45, 2.75) is 38.7 Å². The van der Waals surface area contributed by atoms with Crippen molar-refractivity contribution in [1.82, 2.24) is 0 Å². The van der Waals surface area contributed by atoms with Gasteiger partial charge in [0.1, 0.15) is 5.75 Å². The molecule has 114 valence electrons. The lowest BCUT2D eigenvalue weighted by molar-refractivity contribution is -0.161. The van der Waals surface area contributed by atoms with Crippen LogP contribution in [0.1, 0.15) is 38.7 Å². The molecule has 0 unspecified atom stereocenters. The van der Waals surface area contributed by atoms with Gasteiger partial charge < -0.3 is 14.2 Å². The summed E-state index contributed by atoms with van der Waals surface area (Å²) < 4.78 is 15.9. The van der Waals surface area contributed by atoms with E-state index in [1.807, 2.05) is 18.2 Å². The first kappa shape index (κ1) is 15.4. The second kappa shape index (κ2) is 6.16. The number of carbonyl (C=O) groups excluding carboxylic acids is 2. The molecule has 0 aliphatic carbocycles. The van der Waals surface area contributed by atoms with Crippen molar-refractivity contribution in [2.24, 2.45) is 0 Å². The third kappa shape index (κ3) is 2.86. The lowest BCUT2D eigenvalue weighted by Gasteiger charge is -2.27. The second-order valence-electron chi connectivity index (χ2n) is 5.03. The zero-order valence-electron chi connectivity index (χ0n) is 12.5. The molecule has 1 aliphatic rings. The van der Waals surface area contributed by atoms with Crippen LogP contribution in [0.3, 0.4) is 0 Å². The molecule has 1 aliphatic heterocycles. The Kier molecular flexibility index (Phi) is 4.50. The first-order valence-corrected chi connectivity index (χ1v) is 7.13. The molecule has 0 fully saturated rings. The molecule has 0 spiro atoms. The predicted molar refractivity (Wildman–Crippen MR) is 76.1 cm³/mol. The molecule has 1 heterocycles. The van der Waals surface area contributed by atoms with Crippen LogP contribution in [-0.2, 0) is 19.1 Å². The Balaban J connectivity index is 2.33. The van der Waals surface area contributed by atoms with E-state index in [9.17, 15) is 9.59 Å². The Morgan fingerprint density at radius 3 is 2.52 bits per heavy atom. The first-order chi connectivity index (χ1) is 10.0. The van der Waals surface area contributed by atoms with Gasteiger partial charge >= 0.3 is 11.9 Å². The highest BCUT2D eigenvalue weighted by atomic mass is 16.6. The van der Waals surface area contributed by atoms with Crippen LogP contribution in [0.15, 0.2) is 24.3 Å². The van der Waals surface area contributed by atoms with E-state index < -0.39 is 17.5 Å². The maximum absolute atomic E-state index is 12.3. The first-order valence-electron chi connectivity index (χ1n) is 7.13. The zero-order chi connectivity index (χ0) is 15.5. The lowest BCUT2D eigenvalue weighted by Crippen LogP contribution is -2.45. The maximum Gasteiger partial charge on any atom is 0.350 e. The van der Waals surface area contributed by atoms with Crippen LogP contribution in [0.4, 0.5) is 0 Å². The maximum atomic E-state index is 12.3. The highest BCUT2D eigenvalue weighted by molar-refractivity contribution is 5.84. The van der Waals surface area contributed by atoms with Gasteiger partial charge in [0, 0.05) is 11.5 Å². The average Bonchev–Trinajstić information content (AvgIpc) is 2.74. The number of ether oxygens (including phenoxy) is 3. The van der Waals surface area contributed by atoms with Crippen LogP contribution in [0, 0.1) is 0 Å². The number of rotatable bonds is 5. The van der Waals surface area contributed by atoms with Gasteiger partial charge in [0.05, 0.1) is 19.6 Å². The molecule has 0 amide bonds. The fourth-order valence-electron chi connectivity index (χ4n) is 2.61. The predicted octanol–water partition coefficient (Wildman–Crippen LogP) is 2.44. The molecule has 5 nitrogen and oxygen atoms in total. The minimum absolute atomic E-state index is 0.0835. The van der Waals surface area contributed by atoms with E-state index in [1.54, 1.807) is 26.8 Å². The van der Waals surface area contributed by atoms with Crippen molar-refractivity contribution in [3.05, 3.63) is 29.8 Å². The van der Waals surface area contributed by atoms with Gasteiger partial charge in [0.2, 0.25) is 5.60 Å². The molecular formula is C16H20O5. The highest BCUT2D eigenvalue weighted by Crippen LogP contribution is 2.47. The number of benzene rings is 1. The summed E-state index contributed by atoms with van der Waals surface area (Å²) in [6.07, 6.45) is 0.0835. The monoisotopic (exact) mass is 292 g/mol. The summed E-state index contributed by atoms with van der Waals surface area (Å²) in [6, 6.07) is 7.34. The molecule has 0 bridgehead atoms. The lowest BCUT2D eigenvalue weighted by atomic mass is 9.83. The van der Waals surface area contributed by atoms with Crippen molar-refractivity contribution >= 4 is 11.9 Å². The van der Waals surface area contributed by atoms with Crippen LogP contribution in [0.5, 0.6) is 5.75 Å². The smallest absolute Gasteiger partial charge is 0.350 e. The van der Waals surface area contributed by atoms with Crippen molar-refractivity contribution in [3.63, 3.8) is 0 Å².